The lowest BCUT2D eigenvalue weighted by molar-refractivity contribution is 0.103. The summed E-state index contributed by atoms with van der Waals surface area (Å²) in [6.45, 7) is 0.348. The molecule has 1 aliphatic carbocycles. The Balaban J connectivity index is 1.42. The minimum atomic E-state index is -3.97. The summed E-state index contributed by atoms with van der Waals surface area (Å²) in [5, 5.41) is 12.5. The molecule has 1 aromatic carbocycles. The van der Waals surface area contributed by atoms with Crippen molar-refractivity contribution < 1.29 is 21.8 Å². The van der Waals surface area contributed by atoms with Crippen molar-refractivity contribution >= 4 is 21.9 Å². The molecule has 2 unspecified atom stereocenters. The molecule has 0 spiro atoms. The van der Waals surface area contributed by atoms with E-state index in [2.05, 4.69) is 20.4 Å². The molecule has 0 amide bonds. The third-order valence-corrected chi connectivity index (χ3v) is 5.88. The predicted molar refractivity (Wildman–Crippen MR) is 117 cm³/mol. The van der Waals surface area contributed by atoms with Crippen LogP contribution in [0.15, 0.2) is 49.1 Å². The molecule has 10 nitrogen and oxygen atoms in total. The van der Waals surface area contributed by atoms with Crippen molar-refractivity contribution in [3.05, 3.63) is 71.7 Å². The van der Waals surface area contributed by atoms with E-state index in [4.69, 9.17) is 9.32 Å². The van der Waals surface area contributed by atoms with Gasteiger partial charge in [-0.1, -0.05) is 12.1 Å². The number of anilines is 1. The third-order valence-electron chi connectivity index (χ3n) is 5.41. The molecular weight excluding hydrogens is 451 g/mol. The Morgan fingerprint density at radius 3 is 2.94 bits per heavy atom. The number of hydrogen-bond acceptors (Lipinski definition) is 8. The highest BCUT2D eigenvalue weighted by Gasteiger charge is 2.28. The summed E-state index contributed by atoms with van der Waals surface area (Å²) in [6, 6.07) is 7.76. The number of ketones is 1. The van der Waals surface area contributed by atoms with Gasteiger partial charge in [0, 0.05) is 18.4 Å². The van der Waals surface area contributed by atoms with Crippen molar-refractivity contribution in [3.8, 4) is 0 Å². The molecule has 2 aromatic heterocycles. The number of rotatable bonds is 9. The second-order valence-electron chi connectivity index (χ2n) is 7.94. The van der Waals surface area contributed by atoms with Crippen molar-refractivity contribution in [3.63, 3.8) is 0 Å². The largest absolute Gasteiger partial charge is 0.367 e. The van der Waals surface area contributed by atoms with Crippen LogP contribution in [0.2, 0.25) is 0 Å². The number of nitrogens with one attached hydrogen (secondary N) is 1. The van der Waals surface area contributed by atoms with Gasteiger partial charge < -0.3 is 5.32 Å². The lowest BCUT2D eigenvalue weighted by Crippen LogP contribution is -2.22. The van der Waals surface area contributed by atoms with Crippen molar-refractivity contribution in [2.45, 2.75) is 31.8 Å². The average molecular weight is 475 g/mol. The van der Waals surface area contributed by atoms with Gasteiger partial charge in [-0.15, -0.1) is 0 Å². The number of aromatic nitrogens is 4. The van der Waals surface area contributed by atoms with Gasteiger partial charge in [0.1, 0.15) is 23.7 Å². The monoisotopic (exact) mass is 474 g/mol. The van der Waals surface area contributed by atoms with Gasteiger partial charge in [-0.3, -0.25) is 13.7 Å². The van der Waals surface area contributed by atoms with E-state index in [1.165, 1.54) is 24.7 Å². The molecule has 0 radical (unpaired) electrons. The summed E-state index contributed by atoms with van der Waals surface area (Å²) < 4.78 is 41.7. The Bertz CT molecular complexity index is 1250. The van der Waals surface area contributed by atoms with Crippen molar-refractivity contribution in [1.82, 2.24) is 19.7 Å². The molecule has 3 aromatic rings. The van der Waals surface area contributed by atoms with Gasteiger partial charge >= 0.3 is 10.3 Å². The molecule has 1 aliphatic rings. The Hall–Kier alpha value is -3.22. The Labute approximate surface area is 190 Å². The Morgan fingerprint density at radius 2 is 2.15 bits per heavy atom. The van der Waals surface area contributed by atoms with Gasteiger partial charge in [0.15, 0.2) is 0 Å². The predicted octanol–water partition coefficient (Wildman–Crippen LogP) is 1.89. The summed E-state index contributed by atoms with van der Waals surface area (Å²) in [5.74, 6) is -0.269. The number of carbonyl (C=O) groups excluding carboxylic acids is 1. The zero-order chi connectivity index (χ0) is 23.4. The number of benzene rings is 1. The van der Waals surface area contributed by atoms with Gasteiger partial charge in [-0.2, -0.15) is 13.5 Å². The minimum absolute atomic E-state index is 0.00827. The van der Waals surface area contributed by atoms with Crippen LogP contribution < -0.4 is 10.5 Å². The Morgan fingerprint density at radius 1 is 1.30 bits per heavy atom. The van der Waals surface area contributed by atoms with Gasteiger partial charge in [0.05, 0.1) is 18.7 Å². The molecule has 33 heavy (non-hydrogen) atoms. The van der Waals surface area contributed by atoms with E-state index in [0.717, 1.165) is 18.4 Å². The zero-order valence-electron chi connectivity index (χ0n) is 17.6. The van der Waals surface area contributed by atoms with E-state index >= 15 is 0 Å². The summed E-state index contributed by atoms with van der Waals surface area (Å²) in [6.07, 6.45) is 6.60. The van der Waals surface area contributed by atoms with Gasteiger partial charge in [-0.25, -0.2) is 19.5 Å². The van der Waals surface area contributed by atoms with Crippen LogP contribution in [-0.4, -0.2) is 46.6 Å². The standard InChI is InChI=1S/C21H23FN6O4S/c22-16-3-1-2-14(8-16)11-28-7-6-19(27-28)20(29)18-10-24-13-25-21(18)26-17-5-4-15(9-17)12-32-33(23,30)31/h1-3,6-8,10,13,15,17H,4-5,9,11-12H2,(H2,23,30,31)(H,24,25,26). The average Bonchev–Trinajstić information content (AvgIpc) is 3.41. The fraction of sp³-hybridized carbons (Fsp3) is 0.333. The highest BCUT2D eigenvalue weighted by Crippen LogP contribution is 2.29. The summed E-state index contributed by atoms with van der Waals surface area (Å²) in [7, 11) is -3.97. The zero-order valence-corrected chi connectivity index (χ0v) is 18.4. The van der Waals surface area contributed by atoms with Gasteiger partial charge in [0.2, 0.25) is 5.78 Å². The van der Waals surface area contributed by atoms with Gasteiger partial charge in [-0.05, 0) is 48.9 Å². The molecule has 0 aliphatic heterocycles. The molecule has 12 heteroatoms. The summed E-state index contributed by atoms with van der Waals surface area (Å²) in [5.41, 5.74) is 1.22. The van der Waals surface area contributed by atoms with E-state index in [9.17, 15) is 17.6 Å². The first-order chi connectivity index (χ1) is 15.8. The van der Waals surface area contributed by atoms with E-state index in [1.807, 2.05) is 0 Å². The van der Waals surface area contributed by atoms with Crippen LogP contribution in [0.3, 0.4) is 0 Å². The topological polar surface area (TPSA) is 142 Å². The second-order valence-corrected chi connectivity index (χ2v) is 9.16. The van der Waals surface area contributed by atoms with Crippen LogP contribution in [0.5, 0.6) is 0 Å². The maximum Gasteiger partial charge on any atom is 0.333 e. The molecule has 2 atom stereocenters. The Kier molecular flexibility index (Phi) is 6.77. The lowest BCUT2D eigenvalue weighted by atomic mass is 10.1. The maximum atomic E-state index is 13.4. The van der Waals surface area contributed by atoms with E-state index in [0.29, 0.717) is 18.8 Å². The SMILES string of the molecule is NS(=O)(=O)OCC1CCC(Nc2ncncc2C(=O)c2ccn(Cc3cccc(F)c3)n2)C1. The lowest BCUT2D eigenvalue weighted by Gasteiger charge is -2.15. The molecule has 1 fully saturated rings. The first kappa shape index (κ1) is 23.0. The molecule has 174 valence electrons. The van der Waals surface area contributed by atoms with Crippen LogP contribution in [0.4, 0.5) is 10.2 Å². The molecule has 1 saturated carbocycles. The van der Waals surface area contributed by atoms with Crippen LogP contribution >= 0.6 is 0 Å². The smallest absolute Gasteiger partial charge is 0.333 e. The van der Waals surface area contributed by atoms with E-state index in [1.54, 1.807) is 29.1 Å². The fourth-order valence-corrected chi connectivity index (χ4v) is 4.27. The first-order valence-electron chi connectivity index (χ1n) is 10.3. The van der Waals surface area contributed by atoms with Crippen molar-refractivity contribution in [2.75, 3.05) is 11.9 Å². The number of nitrogens with two attached hydrogens (primary N) is 1. The fourth-order valence-electron chi connectivity index (χ4n) is 3.88. The quantitative estimate of drug-likeness (QED) is 0.448. The molecule has 0 bridgehead atoms. The molecule has 0 saturated heterocycles. The normalized spacial score (nSPS) is 18.4. The molecule has 3 N–H and O–H groups in total. The number of hydrogen-bond donors (Lipinski definition) is 2. The van der Waals surface area contributed by atoms with E-state index in [-0.39, 0.29) is 41.4 Å². The van der Waals surface area contributed by atoms with E-state index < -0.39 is 10.3 Å². The highest BCUT2D eigenvalue weighted by molar-refractivity contribution is 7.84. The van der Waals surface area contributed by atoms with Crippen LogP contribution in [0.1, 0.15) is 40.9 Å². The summed E-state index contributed by atoms with van der Waals surface area (Å²) >= 11 is 0. The number of carbonyl (C=O) groups is 1. The van der Waals surface area contributed by atoms with Gasteiger partial charge in [0.25, 0.3) is 0 Å². The summed E-state index contributed by atoms with van der Waals surface area (Å²) in [4.78, 5) is 21.3. The number of nitrogens with zero attached hydrogens (tertiary/aromatic N) is 4. The molecule has 2 heterocycles. The van der Waals surface area contributed by atoms with Crippen LogP contribution in [0, 0.1) is 11.7 Å². The maximum absolute atomic E-state index is 13.4. The van der Waals surface area contributed by atoms with Crippen LogP contribution in [-0.2, 0) is 21.0 Å². The van der Waals surface area contributed by atoms with Crippen molar-refractivity contribution in [1.29, 1.82) is 0 Å². The molecular formula is C21H23FN6O4S. The minimum Gasteiger partial charge on any atom is -0.367 e. The highest BCUT2D eigenvalue weighted by atomic mass is 32.2. The first-order valence-corrected chi connectivity index (χ1v) is 11.8. The number of halogens is 1. The third kappa shape index (κ3) is 6.18. The second kappa shape index (κ2) is 9.73. The van der Waals surface area contributed by atoms with Crippen molar-refractivity contribution in [2.24, 2.45) is 11.1 Å². The molecule has 4 rings (SSSR count). The van der Waals surface area contributed by atoms with Crippen LogP contribution in [0.25, 0.3) is 0 Å².